The molecule has 0 saturated heterocycles. The molecule has 5 rings (SSSR count). The zero-order valence-electron chi connectivity index (χ0n) is 21.6. The molecule has 1 aliphatic heterocycles. The molecule has 1 aliphatic carbocycles. The fourth-order valence-electron chi connectivity index (χ4n) is 5.07. The predicted octanol–water partition coefficient (Wildman–Crippen LogP) is 5.18. The number of sulfone groups is 1. The standard InChI is InChI=1S/C30H32O7S/c1-19-14-24(35-11-3-13-38(2,33)34)16-22-10-12-36-28-9-4-20(15-27(28)29(19)22)18-37-23-7-5-21(6-8-23)25-17-26(25)30(31)32/h4-9,14-16,25-26H,3,10-13,17-18H2,1-2H3,(H,31,32). The molecule has 3 aromatic rings. The number of fused-ring (bicyclic) bond motifs is 3. The van der Waals surface area contributed by atoms with Gasteiger partial charge in [0.05, 0.1) is 24.9 Å². The molecule has 1 heterocycles. The van der Waals surface area contributed by atoms with Gasteiger partial charge < -0.3 is 19.3 Å². The molecule has 200 valence electrons. The van der Waals surface area contributed by atoms with Crippen LogP contribution < -0.4 is 14.2 Å². The van der Waals surface area contributed by atoms with Gasteiger partial charge in [0.25, 0.3) is 0 Å². The number of hydrogen-bond acceptors (Lipinski definition) is 6. The maximum absolute atomic E-state index is 11.4. The van der Waals surface area contributed by atoms with Crippen molar-refractivity contribution in [3.63, 3.8) is 0 Å². The van der Waals surface area contributed by atoms with Crippen LogP contribution in [-0.4, -0.2) is 44.7 Å². The lowest BCUT2D eigenvalue weighted by atomic mass is 9.92. The summed E-state index contributed by atoms with van der Waals surface area (Å²) in [6, 6.07) is 17.8. The second kappa shape index (κ2) is 10.7. The molecule has 2 atom stereocenters. The molecule has 38 heavy (non-hydrogen) atoms. The first-order chi connectivity index (χ1) is 18.2. The number of benzene rings is 3. The van der Waals surface area contributed by atoms with Gasteiger partial charge in [-0.15, -0.1) is 0 Å². The van der Waals surface area contributed by atoms with Crippen molar-refractivity contribution in [1.82, 2.24) is 0 Å². The summed E-state index contributed by atoms with van der Waals surface area (Å²) in [5.74, 6) is 1.53. The number of ether oxygens (including phenoxy) is 3. The Morgan fingerprint density at radius 2 is 1.84 bits per heavy atom. The Hall–Kier alpha value is -3.52. The molecular weight excluding hydrogens is 504 g/mol. The Morgan fingerprint density at radius 1 is 1.05 bits per heavy atom. The molecule has 2 unspecified atom stereocenters. The summed E-state index contributed by atoms with van der Waals surface area (Å²) in [5, 5.41) is 9.15. The topological polar surface area (TPSA) is 99.1 Å². The van der Waals surface area contributed by atoms with Crippen molar-refractivity contribution < 1.29 is 32.5 Å². The molecule has 8 heteroatoms. The van der Waals surface area contributed by atoms with Gasteiger partial charge in [-0.2, -0.15) is 0 Å². The highest BCUT2D eigenvalue weighted by Gasteiger charge is 2.44. The molecule has 1 saturated carbocycles. The number of carboxylic acid groups (broad SMARTS) is 1. The van der Waals surface area contributed by atoms with E-state index in [9.17, 15) is 13.2 Å². The fourth-order valence-corrected chi connectivity index (χ4v) is 5.72. The van der Waals surface area contributed by atoms with E-state index < -0.39 is 15.8 Å². The van der Waals surface area contributed by atoms with Gasteiger partial charge in [-0.3, -0.25) is 4.79 Å². The SMILES string of the molecule is Cc1cc(OCCCS(C)(=O)=O)cc2c1-c1cc(COc3ccc(C4CC4C(=O)O)cc3)ccc1OCC2. The van der Waals surface area contributed by atoms with E-state index in [-0.39, 0.29) is 17.6 Å². The van der Waals surface area contributed by atoms with Crippen LogP contribution in [0.1, 0.15) is 41.0 Å². The third-order valence-electron chi connectivity index (χ3n) is 7.08. The lowest BCUT2D eigenvalue weighted by Gasteiger charge is -2.16. The van der Waals surface area contributed by atoms with Crippen LogP contribution in [0, 0.1) is 12.8 Å². The first-order valence-corrected chi connectivity index (χ1v) is 14.9. The maximum Gasteiger partial charge on any atom is 0.307 e. The Morgan fingerprint density at radius 3 is 2.55 bits per heavy atom. The summed E-state index contributed by atoms with van der Waals surface area (Å²) in [7, 11) is -3.00. The number of carboxylic acids is 1. The van der Waals surface area contributed by atoms with Crippen LogP contribution in [0.4, 0.5) is 0 Å². The number of rotatable bonds is 10. The molecule has 1 N–H and O–H groups in total. The molecule has 0 aromatic heterocycles. The molecule has 0 spiro atoms. The van der Waals surface area contributed by atoms with Crippen LogP contribution in [-0.2, 0) is 27.7 Å². The van der Waals surface area contributed by atoms with Gasteiger partial charge in [-0.1, -0.05) is 18.2 Å². The van der Waals surface area contributed by atoms with E-state index in [4.69, 9.17) is 19.3 Å². The molecule has 0 amide bonds. The minimum atomic E-state index is -3.00. The molecule has 2 aliphatic rings. The summed E-state index contributed by atoms with van der Waals surface area (Å²) >= 11 is 0. The Labute approximate surface area is 223 Å². The average Bonchev–Trinajstić information content (AvgIpc) is 3.69. The van der Waals surface area contributed by atoms with E-state index in [1.54, 1.807) is 0 Å². The number of aryl methyl sites for hydroxylation is 1. The third-order valence-corrected chi connectivity index (χ3v) is 8.11. The maximum atomic E-state index is 11.4. The Kier molecular flexibility index (Phi) is 7.34. The Bertz CT molecular complexity index is 1440. The second-order valence-corrected chi connectivity index (χ2v) is 12.4. The van der Waals surface area contributed by atoms with Gasteiger partial charge in [-0.05, 0) is 89.9 Å². The van der Waals surface area contributed by atoms with Crippen molar-refractivity contribution in [2.75, 3.05) is 25.2 Å². The normalized spacial score (nSPS) is 17.9. The van der Waals surface area contributed by atoms with Crippen LogP contribution in [0.25, 0.3) is 11.1 Å². The number of aliphatic carboxylic acids is 1. The van der Waals surface area contributed by atoms with Gasteiger partial charge in [0.15, 0.2) is 0 Å². The number of carbonyl (C=O) groups is 1. The summed E-state index contributed by atoms with van der Waals surface area (Å²) in [5.41, 5.74) is 6.40. The van der Waals surface area contributed by atoms with E-state index >= 15 is 0 Å². The van der Waals surface area contributed by atoms with Gasteiger partial charge in [0.2, 0.25) is 0 Å². The zero-order valence-corrected chi connectivity index (χ0v) is 22.4. The van der Waals surface area contributed by atoms with E-state index in [1.807, 2.05) is 48.5 Å². The average molecular weight is 537 g/mol. The second-order valence-electron chi connectivity index (χ2n) is 10.2. The minimum Gasteiger partial charge on any atom is -0.494 e. The molecular formula is C30H32O7S. The zero-order chi connectivity index (χ0) is 26.9. The van der Waals surface area contributed by atoms with E-state index in [0.717, 1.165) is 57.1 Å². The number of hydrogen-bond donors (Lipinski definition) is 1. The van der Waals surface area contributed by atoms with Crippen molar-refractivity contribution in [2.45, 2.75) is 38.7 Å². The van der Waals surface area contributed by atoms with Crippen LogP contribution in [0.15, 0.2) is 54.6 Å². The summed E-state index contributed by atoms with van der Waals surface area (Å²) < 4.78 is 40.7. The first-order valence-electron chi connectivity index (χ1n) is 12.8. The third kappa shape index (κ3) is 6.13. The van der Waals surface area contributed by atoms with Crippen molar-refractivity contribution >= 4 is 15.8 Å². The smallest absolute Gasteiger partial charge is 0.307 e. The van der Waals surface area contributed by atoms with Crippen molar-refractivity contribution in [1.29, 1.82) is 0 Å². The lowest BCUT2D eigenvalue weighted by molar-refractivity contribution is -0.138. The lowest BCUT2D eigenvalue weighted by Crippen LogP contribution is -2.08. The minimum absolute atomic E-state index is 0.104. The van der Waals surface area contributed by atoms with E-state index in [1.165, 1.54) is 6.26 Å². The van der Waals surface area contributed by atoms with Crippen molar-refractivity contribution in [3.8, 4) is 28.4 Å². The largest absolute Gasteiger partial charge is 0.494 e. The predicted molar refractivity (Wildman–Crippen MR) is 145 cm³/mol. The molecule has 1 fully saturated rings. The highest BCUT2D eigenvalue weighted by Crippen LogP contribution is 2.47. The van der Waals surface area contributed by atoms with E-state index in [0.29, 0.717) is 32.7 Å². The van der Waals surface area contributed by atoms with Gasteiger partial charge in [0.1, 0.15) is 33.7 Å². The van der Waals surface area contributed by atoms with Crippen LogP contribution in [0.3, 0.4) is 0 Å². The summed E-state index contributed by atoms with van der Waals surface area (Å²) in [6.07, 6.45) is 3.13. The molecule has 0 bridgehead atoms. The molecule has 0 radical (unpaired) electrons. The van der Waals surface area contributed by atoms with E-state index in [2.05, 4.69) is 13.0 Å². The molecule has 7 nitrogen and oxygen atoms in total. The Balaban J connectivity index is 1.28. The fraction of sp³-hybridized carbons (Fsp3) is 0.367. The quantitative estimate of drug-likeness (QED) is 0.357. The highest BCUT2D eigenvalue weighted by atomic mass is 32.2. The van der Waals surface area contributed by atoms with Crippen LogP contribution in [0.5, 0.6) is 17.2 Å². The van der Waals surface area contributed by atoms with Crippen molar-refractivity contribution in [2.24, 2.45) is 5.92 Å². The van der Waals surface area contributed by atoms with Gasteiger partial charge in [0, 0.05) is 18.2 Å². The summed E-state index contributed by atoms with van der Waals surface area (Å²) in [6.45, 7) is 3.35. The van der Waals surface area contributed by atoms with Gasteiger partial charge >= 0.3 is 5.97 Å². The summed E-state index contributed by atoms with van der Waals surface area (Å²) in [4.78, 5) is 11.1. The van der Waals surface area contributed by atoms with Crippen LogP contribution >= 0.6 is 0 Å². The van der Waals surface area contributed by atoms with Crippen molar-refractivity contribution in [3.05, 3.63) is 76.9 Å². The molecule has 3 aromatic carbocycles. The first kappa shape index (κ1) is 26.1. The van der Waals surface area contributed by atoms with Gasteiger partial charge in [-0.25, -0.2) is 8.42 Å². The monoisotopic (exact) mass is 536 g/mol. The highest BCUT2D eigenvalue weighted by molar-refractivity contribution is 7.90. The van der Waals surface area contributed by atoms with Crippen LogP contribution in [0.2, 0.25) is 0 Å².